The van der Waals surface area contributed by atoms with E-state index in [1.54, 1.807) is 23.1 Å². The fourth-order valence-electron chi connectivity index (χ4n) is 5.82. The summed E-state index contributed by atoms with van der Waals surface area (Å²) in [6.45, 7) is 5.66. The van der Waals surface area contributed by atoms with Crippen LogP contribution in [0.15, 0.2) is 42.5 Å². The molecular weight excluding hydrogens is 456 g/mol. The molecule has 0 bridgehead atoms. The SMILES string of the molecule is CCOc1ccc2[nH]c3c(c2c1)CC1(CC)C(=O)N(CCCN(C)C)C(=O)N1C3c1cccc(O)c1. The number of phenolic OH excluding ortho intramolecular Hbond substituents is 1. The third-order valence-corrected chi connectivity index (χ3v) is 7.52. The Balaban J connectivity index is 1.68. The summed E-state index contributed by atoms with van der Waals surface area (Å²) < 4.78 is 5.77. The molecule has 2 unspecified atom stereocenters. The zero-order valence-corrected chi connectivity index (χ0v) is 21.4. The smallest absolute Gasteiger partial charge is 0.328 e. The average Bonchev–Trinajstić information content (AvgIpc) is 3.31. The Morgan fingerprint density at radius 3 is 2.67 bits per heavy atom. The number of H-pyrrole nitrogens is 1. The van der Waals surface area contributed by atoms with E-state index in [2.05, 4.69) is 9.88 Å². The van der Waals surface area contributed by atoms with Crippen LogP contribution < -0.4 is 4.74 Å². The van der Waals surface area contributed by atoms with Crippen molar-refractivity contribution in [3.05, 3.63) is 59.3 Å². The molecule has 0 spiro atoms. The van der Waals surface area contributed by atoms with Crippen molar-refractivity contribution in [1.29, 1.82) is 0 Å². The van der Waals surface area contributed by atoms with E-state index >= 15 is 0 Å². The molecule has 8 heteroatoms. The molecule has 190 valence electrons. The topological polar surface area (TPSA) is 89.1 Å². The van der Waals surface area contributed by atoms with Crippen LogP contribution in [0.1, 0.15) is 49.6 Å². The molecule has 3 amide bonds. The maximum Gasteiger partial charge on any atom is 0.328 e. The number of imide groups is 1. The van der Waals surface area contributed by atoms with E-state index < -0.39 is 11.6 Å². The van der Waals surface area contributed by atoms with Crippen molar-refractivity contribution >= 4 is 22.8 Å². The first-order valence-electron chi connectivity index (χ1n) is 12.7. The van der Waals surface area contributed by atoms with E-state index in [0.29, 0.717) is 32.4 Å². The van der Waals surface area contributed by atoms with E-state index in [1.165, 1.54) is 4.90 Å². The molecule has 0 radical (unpaired) electrons. The van der Waals surface area contributed by atoms with Gasteiger partial charge in [-0.3, -0.25) is 14.6 Å². The zero-order valence-electron chi connectivity index (χ0n) is 21.4. The predicted molar refractivity (Wildman–Crippen MR) is 138 cm³/mol. The normalized spacial score (nSPS) is 21.4. The fourth-order valence-corrected chi connectivity index (χ4v) is 5.82. The van der Waals surface area contributed by atoms with Crippen LogP contribution in [-0.2, 0) is 11.2 Å². The number of ether oxygens (including phenoxy) is 1. The Kier molecular flexibility index (Phi) is 6.16. The van der Waals surface area contributed by atoms with Crippen molar-refractivity contribution < 1.29 is 19.4 Å². The number of aromatic hydroxyl groups is 1. The van der Waals surface area contributed by atoms with Gasteiger partial charge in [-0.1, -0.05) is 19.1 Å². The van der Waals surface area contributed by atoms with Gasteiger partial charge in [-0.2, -0.15) is 0 Å². The molecule has 3 heterocycles. The quantitative estimate of drug-likeness (QED) is 0.460. The lowest BCUT2D eigenvalue weighted by Gasteiger charge is -2.44. The summed E-state index contributed by atoms with van der Waals surface area (Å²) >= 11 is 0. The highest BCUT2D eigenvalue weighted by molar-refractivity contribution is 6.08. The van der Waals surface area contributed by atoms with E-state index in [-0.39, 0.29) is 17.7 Å². The third-order valence-electron chi connectivity index (χ3n) is 7.52. The van der Waals surface area contributed by atoms with Gasteiger partial charge >= 0.3 is 6.03 Å². The van der Waals surface area contributed by atoms with Crippen LogP contribution in [0.3, 0.4) is 0 Å². The standard InChI is InChI=1S/C28H34N4O4/c1-5-28-17-22-21-16-20(36-6-2)11-12-23(21)29-24(22)25(18-9-7-10-19(33)15-18)32(28)27(35)31(26(28)34)14-8-13-30(3)4/h7,9-12,15-16,25,29,33H,5-6,8,13-14,17H2,1-4H3. The van der Waals surface area contributed by atoms with Crippen molar-refractivity contribution in [3.8, 4) is 11.5 Å². The molecule has 2 aliphatic rings. The minimum Gasteiger partial charge on any atom is -0.508 e. The summed E-state index contributed by atoms with van der Waals surface area (Å²) in [5.74, 6) is 0.755. The number of hydrogen-bond donors (Lipinski definition) is 2. The number of fused-ring (bicyclic) bond motifs is 4. The molecule has 2 aromatic carbocycles. The summed E-state index contributed by atoms with van der Waals surface area (Å²) in [6, 6.07) is 12.1. The number of aromatic nitrogens is 1. The molecule has 1 aromatic heterocycles. The Morgan fingerprint density at radius 1 is 1.17 bits per heavy atom. The van der Waals surface area contributed by atoms with Crippen molar-refractivity contribution in [2.45, 2.75) is 44.7 Å². The number of carbonyl (C=O) groups is 2. The molecule has 0 aliphatic carbocycles. The largest absolute Gasteiger partial charge is 0.508 e. The highest BCUT2D eigenvalue weighted by Gasteiger charge is 2.61. The second-order valence-corrected chi connectivity index (χ2v) is 9.98. The van der Waals surface area contributed by atoms with Gasteiger partial charge in [0.25, 0.3) is 5.91 Å². The van der Waals surface area contributed by atoms with Gasteiger partial charge in [-0.15, -0.1) is 0 Å². The van der Waals surface area contributed by atoms with Crippen molar-refractivity contribution in [2.24, 2.45) is 0 Å². The molecule has 2 atom stereocenters. The van der Waals surface area contributed by atoms with Crippen LogP contribution in [0, 0.1) is 0 Å². The second-order valence-electron chi connectivity index (χ2n) is 9.98. The third kappa shape index (κ3) is 3.71. The number of carbonyl (C=O) groups excluding carboxylic acids is 2. The fraction of sp³-hybridized carbons (Fsp3) is 0.429. The van der Waals surface area contributed by atoms with E-state index in [4.69, 9.17) is 4.74 Å². The maximum atomic E-state index is 14.0. The second kappa shape index (κ2) is 9.17. The first kappa shape index (κ1) is 24.2. The number of rotatable bonds is 8. The minimum atomic E-state index is -0.991. The van der Waals surface area contributed by atoms with Crippen LogP contribution >= 0.6 is 0 Å². The molecule has 1 fully saturated rings. The van der Waals surface area contributed by atoms with Crippen LogP contribution in [0.25, 0.3) is 10.9 Å². The van der Waals surface area contributed by atoms with Gasteiger partial charge in [-0.25, -0.2) is 4.79 Å². The molecule has 5 rings (SSSR count). The lowest BCUT2D eigenvalue weighted by molar-refractivity contribution is -0.134. The average molecular weight is 491 g/mol. The number of urea groups is 1. The molecule has 2 aliphatic heterocycles. The number of amides is 3. The van der Waals surface area contributed by atoms with Gasteiger partial charge in [0.05, 0.1) is 6.61 Å². The Labute approximate surface area is 211 Å². The lowest BCUT2D eigenvalue weighted by atomic mass is 9.78. The summed E-state index contributed by atoms with van der Waals surface area (Å²) in [4.78, 5) is 36.8. The first-order chi connectivity index (χ1) is 17.3. The molecule has 36 heavy (non-hydrogen) atoms. The molecular formula is C28H34N4O4. The number of nitrogens with zero attached hydrogens (tertiary/aromatic N) is 3. The first-order valence-corrected chi connectivity index (χ1v) is 12.7. The van der Waals surface area contributed by atoms with Gasteiger partial charge < -0.3 is 19.7 Å². The van der Waals surface area contributed by atoms with E-state index in [1.807, 2.05) is 52.2 Å². The summed E-state index contributed by atoms with van der Waals surface area (Å²) in [5, 5.41) is 11.3. The van der Waals surface area contributed by atoms with E-state index in [9.17, 15) is 14.7 Å². The number of benzene rings is 2. The summed E-state index contributed by atoms with van der Waals surface area (Å²) in [6.07, 6.45) is 1.63. The Hall–Kier alpha value is -3.52. The van der Waals surface area contributed by atoms with Gasteiger partial charge in [0.1, 0.15) is 23.1 Å². The van der Waals surface area contributed by atoms with Crippen LogP contribution in [0.2, 0.25) is 0 Å². The van der Waals surface area contributed by atoms with Crippen molar-refractivity contribution in [3.63, 3.8) is 0 Å². The van der Waals surface area contributed by atoms with Gasteiger partial charge in [0.15, 0.2) is 0 Å². The van der Waals surface area contributed by atoms with Gasteiger partial charge in [-0.05, 0) is 81.9 Å². The number of aromatic amines is 1. The monoisotopic (exact) mass is 490 g/mol. The molecule has 2 N–H and O–H groups in total. The zero-order chi connectivity index (χ0) is 25.6. The highest BCUT2D eigenvalue weighted by Crippen LogP contribution is 2.50. The number of hydrogen-bond acceptors (Lipinski definition) is 5. The van der Waals surface area contributed by atoms with E-state index in [0.717, 1.165) is 40.0 Å². The lowest BCUT2D eigenvalue weighted by Crippen LogP contribution is -2.55. The van der Waals surface area contributed by atoms with Crippen LogP contribution in [0.5, 0.6) is 11.5 Å². The Bertz CT molecular complexity index is 1320. The molecule has 8 nitrogen and oxygen atoms in total. The Morgan fingerprint density at radius 2 is 1.97 bits per heavy atom. The minimum absolute atomic E-state index is 0.122. The number of nitrogens with one attached hydrogen (secondary N) is 1. The predicted octanol–water partition coefficient (Wildman–Crippen LogP) is 4.28. The van der Waals surface area contributed by atoms with Crippen LogP contribution in [-0.4, -0.2) is 76.1 Å². The molecule has 0 saturated carbocycles. The molecule has 1 saturated heterocycles. The molecule has 3 aromatic rings. The number of phenols is 1. The van der Waals surface area contributed by atoms with Crippen LogP contribution in [0.4, 0.5) is 4.79 Å². The van der Waals surface area contributed by atoms with Crippen molar-refractivity contribution in [1.82, 2.24) is 19.7 Å². The summed E-state index contributed by atoms with van der Waals surface area (Å²) in [5.41, 5.74) is 2.61. The summed E-state index contributed by atoms with van der Waals surface area (Å²) in [7, 11) is 3.97. The van der Waals surface area contributed by atoms with Gasteiger partial charge in [0, 0.05) is 29.6 Å². The van der Waals surface area contributed by atoms with Crippen molar-refractivity contribution in [2.75, 3.05) is 33.8 Å². The maximum absolute atomic E-state index is 14.0. The van der Waals surface area contributed by atoms with Gasteiger partial charge in [0.2, 0.25) is 0 Å². The highest BCUT2D eigenvalue weighted by atomic mass is 16.5.